The molecule has 0 radical (unpaired) electrons. The summed E-state index contributed by atoms with van der Waals surface area (Å²) in [5.41, 5.74) is -2.39. The van der Waals surface area contributed by atoms with Crippen LogP contribution in [0.2, 0.25) is 0 Å². The number of piperazine rings is 1. The Balaban J connectivity index is 1.88. The standard InChI is InChI=1S/C21H19F6N3O2S/c1-13-12-30(33(31,32)18-7-4-16(5-8-18)20(22,23)24)14(2)11-29(13)17-6-3-15(10-28)19(9-17)21(25,26)27/h3-9,13-14H,11-12H2,1-2H3. The molecule has 2 aromatic rings. The summed E-state index contributed by atoms with van der Waals surface area (Å²) in [6.07, 6.45) is -9.34. The minimum atomic E-state index is -4.73. The molecule has 5 nitrogen and oxygen atoms in total. The molecule has 178 valence electrons. The zero-order valence-electron chi connectivity index (χ0n) is 17.4. The quantitative estimate of drug-likeness (QED) is 0.574. The van der Waals surface area contributed by atoms with Crippen LogP contribution in [-0.4, -0.2) is 37.9 Å². The number of rotatable bonds is 3. The van der Waals surface area contributed by atoms with Gasteiger partial charge in [0.05, 0.1) is 27.7 Å². The maximum atomic E-state index is 13.3. The Kier molecular flexibility index (Phi) is 6.43. The first-order valence-electron chi connectivity index (χ1n) is 9.73. The second-order valence-electron chi connectivity index (χ2n) is 7.79. The van der Waals surface area contributed by atoms with E-state index in [1.54, 1.807) is 18.7 Å². The highest BCUT2D eigenvalue weighted by molar-refractivity contribution is 7.89. The first-order valence-corrected chi connectivity index (χ1v) is 11.2. The smallest absolute Gasteiger partial charge is 0.366 e. The van der Waals surface area contributed by atoms with Crippen molar-refractivity contribution in [1.29, 1.82) is 5.26 Å². The van der Waals surface area contributed by atoms with Crippen LogP contribution in [0, 0.1) is 11.3 Å². The molecule has 1 heterocycles. The number of anilines is 1. The van der Waals surface area contributed by atoms with Gasteiger partial charge in [0.15, 0.2) is 0 Å². The lowest BCUT2D eigenvalue weighted by atomic mass is 10.0. The molecule has 0 aliphatic carbocycles. The molecule has 0 N–H and O–H groups in total. The fourth-order valence-electron chi connectivity index (χ4n) is 3.78. The van der Waals surface area contributed by atoms with E-state index in [4.69, 9.17) is 5.26 Å². The van der Waals surface area contributed by atoms with Gasteiger partial charge in [-0.25, -0.2) is 8.42 Å². The third-order valence-corrected chi connectivity index (χ3v) is 7.47. The predicted octanol–water partition coefficient (Wildman–Crippen LogP) is 4.88. The summed E-state index contributed by atoms with van der Waals surface area (Å²) >= 11 is 0. The van der Waals surface area contributed by atoms with Crippen LogP contribution in [0.5, 0.6) is 0 Å². The zero-order chi connectivity index (χ0) is 24.8. The van der Waals surface area contributed by atoms with Crippen LogP contribution in [0.25, 0.3) is 0 Å². The molecule has 0 spiro atoms. The summed E-state index contributed by atoms with van der Waals surface area (Å²) in [6, 6.07) is 6.74. The van der Waals surface area contributed by atoms with Gasteiger partial charge in [-0.3, -0.25) is 0 Å². The molecule has 1 fully saturated rings. The summed E-state index contributed by atoms with van der Waals surface area (Å²) < 4.78 is 106. The van der Waals surface area contributed by atoms with Crippen LogP contribution in [0.1, 0.15) is 30.5 Å². The van der Waals surface area contributed by atoms with Gasteiger partial charge >= 0.3 is 12.4 Å². The topological polar surface area (TPSA) is 64.4 Å². The van der Waals surface area contributed by atoms with E-state index in [1.165, 1.54) is 12.1 Å². The van der Waals surface area contributed by atoms with E-state index in [-0.39, 0.29) is 23.7 Å². The molecule has 0 saturated carbocycles. The molecule has 2 atom stereocenters. The van der Waals surface area contributed by atoms with Gasteiger partial charge in [-0.1, -0.05) is 0 Å². The van der Waals surface area contributed by atoms with Crippen LogP contribution >= 0.6 is 0 Å². The Hall–Kier alpha value is -2.78. The molecule has 2 unspecified atom stereocenters. The van der Waals surface area contributed by atoms with Crippen LogP contribution < -0.4 is 4.90 Å². The van der Waals surface area contributed by atoms with Gasteiger partial charge in [-0.05, 0) is 56.3 Å². The molecule has 0 amide bonds. The number of alkyl halides is 6. The van der Waals surface area contributed by atoms with Crippen LogP contribution in [-0.2, 0) is 22.4 Å². The van der Waals surface area contributed by atoms with E-state index in [9.17, 15) is 34.8 Å². The maximum Gasteiger partial charge on any atom is 0.417 e. The molecular formula is C21H19F6N3O2S. The summed E-state index contributed by atoms with van der Waals surface area (Å²) in [6.45, 7) is 3.15. The largest absolute Gasteiger partial charge is 0.417 e. The highest BCUT2D eigenvalue weighted by Crippen LogP contribution is 2.36. The predicted molar refractivity (Wildman–Crippen MR) is 108 cm³/mol. The van der Waals surface area contributed by atoms with Crippen molar-refractivity contribution in [1.82, 2.24) is 4.31 Å². The SMILES string of the molecule is CC1CN(S(=O)(=O)c2ccc(C(F)(F)F)cc2)C(C)CN1c1ccc(C#N)c(C(F)(F)F)c1. The molecule has 33 heavy (non-hydrogen) atoms. The molecule has 1 aliphatic rings. The van der Waals surface area contributed by atoms with Gasteiger partial charge in [-0.15, -0.1) is 0 Å². The van der Waals surface area contributed by atoms with Gasteiger partial charge in [0.25, 0.3) is 0 Å². The lowest BCUT2D eigenvalue weighted by molar-refractivity contribution is -0.138. The number of hydrogen-bond donors (Lipinski definition) is 0. The van der Waals surface area contributed by atoms with Crippen molar-refractivity contribution < 1.29 is 34.8 Å². The number of nitrogens with zero attached hydrogens (tertiary/aromatic N) is 3. The van der Waals surface area contributed by atoms with Crippen molar-refractivity contribution in [2.45, 2.75) is 43.2 Å². The second-order valence-corrected chi connectivity index (χ2v) is 9.68. The van der Waals surface area contributed by atoms with Crippen molar-refractivity contribution in [3.05, 3.63) is 59.2 Å². The summed E-state index contributed by atoms with van der Waals surface area (Å²) in [5.74, 6) is 0. The highest BCUT2D eigenvalue weighted by atomic mass is 32.2. The monoisotopic (exact) mass is 491 g/mol. The Morgan fingerprint density at radius 1 is 0.909 bits per heavy atom. The molecule has 12 heteroatoms. The van der Waals surface area contributed by atoms with E-state index in [2.05, 4.69) is 0 Å². The second kappa shape index (κ2) is 8.53. The number of nitriles is 1. The average Bonchev–Trinajstić information content (AvgIpc) is 2.73. The number of halogens is 6. The van der Waals surface area contributed by atoms with Crippen molar-refractivity contribution in [2.75, 3.05) is 18.0 Å². The summed E-state index contributed by atoms with van der Waals surface area (Å²) in [7, 11) is -4.14. The number of benzene rings is 2. The minimum Gasteiger partial charge on any atom is -0.366 e. The molecule has 0 aromatic heterocycles. The van der Waals surface area contributed by atoms with E-state index in [0.29, 0.717) is 12.1 Å². The summed E-state index contributed by atoms with van der Waals surface area (Å²) in [4.78, 5) is 1.31. The molecule has 3 rings (SSSR count). The average molecular weight is 491 g/mol. The molecule has 1 aliphatic heterocycles. The third-order valence-electron chi connectivity index (χ3n) is 5.48. The Morgan fingerprint density at radius 3 is 2.03 bits per heavy atom. The van der Waals surface area contributed by atoms with Crippen molar-refractivity contribution in [3.63, 3.8) is 0 Å². The minimum absolute atomic E-state index is 0.0459. The highest BCUT2D eigenvalue weighted by Gasteiger charge is 2.39. The lowest BCUT2D eigenvalue weighted by Crippen LogP contribution is -2.58. The molecular weight excluding hydrogens is 472 g/mol. The normalized spacial score (nSPS) is 20.5. The van der Waals surface area contributed by atoms with Crippen molar-refractivity contribution >= 4 is 15.7 Å². The molecule has 2 aromatic carbocycles. The maximum absolute atomic E-state index is 13.3. The van der Waals surface area contributed by atoms with Crippen LogP contribution in [0.15, 0.2) is 47.4 Å². The summed E-state index contributed by atoms with van der Waals surface area (Å²) in [5, 5.41) is 8.97. The van der Waals surface area contributed by atoms with Gasteiger partial charge < -0.3 is 4.90 Å². The first-order chi connectivity index (χ1) is 15.2. The molecule has 1 saturated heterocycles. The van der Waals surface area contributed by atoms with Gasteiger partial charge in [0.1, 0.15) is 0 Å². The Morgan fingerprint density at radius 2 is 1.52 bits per heavy atom. The number of sulfonamides is 1. The van der Waals surface area contributed by atoms with Crippen molar-refractivity contribution in [3.8, 4) is 6.07 Å². The Labute approximate surface area is 186 Å². The van der Waals surface area contributed by atoms with E-state index in [1.807, 2.05) is 0 Å². The zero-order valence-corrected chi connectivity index (χ0v) is 18.3. The van der Waals surface area contributed by atoms with Gasteiger partial charge in [-0.2, -0.15) is 35.9 Å². The number of hydrogen-bond acceptors (Lipinski definition) is 4. The fourth-order valence-corrected chi connectivity index (χ4v) is 5.49. The fraction of sp³-hybridized carbons (Fsp3) is 0.381. The lowest BCUT2D eigenvalue weighted by Gasteiger charge is -2.44. The van der Waals surface area contributed by atoms with E-state index < -0.39 is 51.1 Å². The molecule has 0 bridgehead atoms. The third kappa shape index (κ3) is 4.94. The Bertz CT molecular complexity index is 1170. The van der Waals surface area contributed by atoms with Crippen LogP contribution in [0.4, 0.5) is 32.0 Å². The first kappa shape index (κ1) is 24.9. The van der Waals surface area contributed by atoms with Crippen LogP contribution in [0.3, 0.4) is 0 Å². The van der Waals surface area contributed by atoms with Crippen molar-refractivity contribution in [2.24, 2.45) is 0 Å². The van der Waals surface area contributed by atoms with Gasteiger partial charge in [0, 0.05) is 30.9 Å². The van der Waals surface area contributed by atoms with Gasteiger partial charge in [0.2, 0.25) is 10.0 Å². The van der Waals surface area contributed by atoms with E-state index >= 15 is 0 Å². The van der Waals surface area contributed by atoms with E-state index in [0.717, 1.165) is 28.6 Å².